The van der Waals surface area contributed by atoms with E-state index < -0.39 is 41.3 Å². The third-order valence-electron chi connectivity index (χ3n) is 7.82. The van der Waals surface area contributed by atoms with E-state index in [0.29, 0.717) is 28.6 Å². The van der Waals surface area contributed by atoms with Crippen molar-refractivity contribution in [3.8, 4) is 17.2 Å². The largest absolute Gasteiger partial charge is 0.444 e. The second-order valence-corrected chi connectivity index (χ2v) is 11.7. The van der Waals surface area contributed by atoms with Gasteiger partial charge in [0.25, 0.3) is 0 Å². The van der Waals surface area contributed by atoms with Gasteiger partial charge in [-0.1, -0.05) is 24.6 Å². The highest BCUT2D eigenvalue weighted by Crippen LogP contribution is 2.42. The first-order valence-electron chi connectivity index (χ1n) is 13.5. The van der Waals surface area contributed by atoms with Crippen LogP contribution in [0.3, 0.4) is 0 Å². The van der Waals surface area contributed by atoms with Crippen LogP contribution in [0.5, 0.6) is 0 Å². The fraction of sp³-hybridized carbons (Fsp3) is 0.467. The van der Waals surface area contributed by atoms with E-state index in [2.05, 4.69) is 11.4 Å². The van der Waals surface area contributed by atoms with Gasteiger partial charge in [0, 0.05) is 19.5 Å². The summed E-state index contributed by atoms with van der Waals surface area (Å²) in [6.45, 7) is 5.35. The van der Waals surface area contributed by atoms with Crippen LogP contribution in [-0.4, -0.2) is 45.2 Å². The molecule has 4 atom stereocenters. The summed E-state index contributed by atoms with van der Waals surface area (Å²) in [6.07, 6.45) is 2.71. The maximum atomic E-state index is 15.2. The molecule has 0 radical (unpaired) electrons. The van der Waals surface area contributed by atoms with Crippen LogP contribution in [-0.2, 0) is 23.0 Å². The lowest BCUT2D eigenvalue weighted by Crippen LogP contribution is -2.52. The smallest absolute Gasteiger partial charge is 0.419 e. The zero-order chi connectivity index (χ0) is 28.8. The molecule has 9 nitrogen and oxygen atoms in total. The Balaban J connectivity index is 1.30. The third kappa shape index (κ3) is 5.33. The molecule has 2 heterocycles. The Morgan fingerprint density at radius 1 is 1.20 bits per heavy atom. The van der Waals surface area contributed by atoms with Crippen molar-refractivity contribution in [2.24, 2.45) is 13.0 Å². The maximum absolute atomic E-state index is 15.2. The Bertz CT molecular complexity index is 1560. The van der Waals surface area contributed by atoms with Crippen molar-refractivity contribution < 1.29 is 23.1 Å². The highest BCUT2D eigenvalue weighted by Gasteiger charge is 2.50. The number of oxazole rings is 1. The third-order valence-corrected chi connectivity index (χ3v) is 7.82. The van der Waals surface area contributed by atoms with Gasteiger partial charge in [-0.15, -0.1) is 0 Å². The summed E-state index contributed by atoms with van der Waals surface area (Å²) in [5.41, 5.74) is 1.91. The van der Waals surface area contributed by atoms with Gasteiger partial charge in [0.2, 0.25) is 5.91 Å². The minimum Gasteiger partial charge on any atom is -0.444 e. The molecule has 1 aliphatic heterocycles. The standard InChI is InChI=1S/C30H33FN4O5/c1-30(2,3)40-29(38)35-23-7-5-6-20(23)15-25(35)27(36)33-21(16-32)12-19-9-8-17(13-22(19)31)18-10-11-26-24(14-18)34(4)28(37)39-26/h8-11,13-14,20-21,23,25H,5-7,12,15H2,1-4H3,(H,33,36)/t20-,21-,23-,25-/m0/s1. The van der Waals surface area contributed by atoms with Crippen molar-refractivity contribution in [3.63, 3.8) is 0 Å². The van der Waals surface area contributed by atoms with E-state index in [0.717, 1.165) is 19.3 Å². The van der Waals surface area contributed by atoms with Crippen LogP contribution in [0.1, 0.15) is 52.0 Å². The minimum atomic E-state index is -0.981. The van der Waals surface area contributed by atoms with E-state index in [9.17, 15) is 19.6 Å². The molecule has 2 aromatic carbocycles. The molecule has 10 heteroatoms. The number of carbonyl (C=O) groups excluding carboxylic acids is 2. The van der Waals surface area contributed by atoms with Crippen LogP contribution < -0.4 is 11.1 Å². The summed E-state index contributed by atoms with van der Waals surface area (Å²) >= 11 is 0. The molecule has 1 N–H and O–H groups in total. The van der Waals surface area contributed by atoms with Crippen LogP contribution in [0.15, 0.2) is 45.6 Å². The van der Waals surface area contributed by atoms with E-state index in [4.69, 9.17) is 9.15 Å². The fourth-order valence-electron chi connectivity index (χ4n) is 5.92. The number of benzene rings is 2. The number of aromatic nitrogens is 1. The molecule has 2 amide bonds. The number of carbonyl (C=O) groups is 2. The van der Waals surface area contributed by atoms with E-state index in [1.807, 2.05) is 0 Å². The summed E-state index contributed by atoms with van der Waals surface area (Å²) in [5.74, 6) is -1.20. The molecule has 3 aromatic rings. The van der Waals surface area contributed by atoms with E-state index in [1.54, 1.807) is 63.1 Å². The van der Waals surface area contributed by atoms with Gasteiger partial charge in [0.15, 0.2) is 5.58 Å². The number of ether oxygens (including phenoxy) is 1. The first-order chi connectivity index (χ1) is 18.9. The number of fused-ring (bicyclic) bond motifs is 2. The monoisotopic (exact) mass is 548 g/mol. The molecule has 1 saturated carbocycles. The first-order valence-corrected chi connectivity index (χ1v) is 13.5. The van der Waals surface area contributed by atoms with Gasteiger partial charge in [-0.25, -0.2) is 14.0 Å². The molecule has 0 bridgehead atoms. The summed E-state index contributed by atoms with van der Waals surface area (Å²) < 4.78 is 27.3. The zero-order valence-electron chi connectivity index (χ0n) is 23.1. The lowest BCUT2D eigenvalue weighted by molar-refractivity contribution is -0.126. The molecule has 1 aliphatic carbocycles. The van der Waals surface area contributed by atoms with Gasteiger partial charge in [0.1, 0.15) is 23.5 Å². The van der Waals surface area contributed by atoms with Crippen molar-refractivity contribution >= 4 is 23.1 Å². The number of nitrogens with one attached hydrogen (secondary N) is 1. The van der Waals surface area contributed by atoms with Gasteiger partial charge in [0.05, 0.1) is 11.6 Å². The summed E-state index contributed by atoms with van der Waals surface area (Å²) in [7, 11) is 1.60. The topological polar surface area (TPSA) is 118 Å². The Morgan fingerprint density at radius 2 is 1.93 bits per heavy atom. The molecule has 210 valence electrons. The van der Waals surface area contributed by atoms with E-state index in [-0.39, 0.29) is 23.9 Å². The first kappa shape index (κ1) is 27.4. The average Bonchev–Trinajstić information content (AvgIpc) is 3.56. The van der Waals surface area contributed by atoms with Crippen LogP contribution >= 0.6 is 0 Å². The van der Waals surface area contributed by atoms with Crippen molar-refractivity contribution in [3.05, 3.63) is 58.3 Å². The number of halogens is 1. The SMILES string of the molecule is Cn1c(=O)oc2ccc(-c3ccc(C[C@@H](C#N)NC(=O)[C@@H]4C[C@@H]5CCC[C@@H]5N4C(=O)OC(C)(C)C)c(F)c3)cc21. The lowest BCUT2D eigenvalue weighted by atomic mass is 9.99. The summed E-state index contributed by atoms with van der Waals surface area (Å²) in [5, 5.41) is 12.5. The number of hydrogen-bond donors (Lipinski definition) is 1. The number of nitrogens with zero attached hydrogens (tertiary/aromatic N) is 3. The van der Waals surface area contributed by atoms with Gasteiger partial charge < -0.3 is 14.5 Å². The molecular weight excluding hydrogens is 515 g/mol. The molecule has 40 heavy (non-hydrogen) atoms. The average molecular weight is 549 g/mol. The number of amides is 2. The van der Waals surface area contributed by atoms with Crippen molar-refractivity contribution in [2.75, 3.05) is 0 Å². The molecular formula is C30H33FN4O5. The van der Waals surface area contributed by atoms with Gasteiger partial charge in [-0.3, -0.25) is 14.3 Å². The molecule has 2 fully saturated rings. The number of hydrogen-bond acceptors (Lipinski definition) is 6. The van der Waals surface area contributed by atoms with Crippen LogP contribution in [0.25, 0.3) is 22.2 Å². The second-order valence-electron chi connectivity index (χ2n) is 11.7. The predicted octanol–water partition coefficient (Wildman–Crippen LogP) is 4.67. The maximum Gasteiger partial charge on any atom is 0.419 e. The lowest BCUT2D eigenvalue weighted by Gasteiger charge is -2.32. The molecule has 0 spiro atoms. The molecule has 5 rings (SSSR count). The van der Waals surface area contributed by atoms with Crippen LogP contribution in [0.2, 0.25) is 0 Å². The fourth-order valence-corrected chi connectivity index (χ4v) is 5.92. The molecule has 1 saturated heterocycles. The van der Waals surface area contributed by atoms with E-state index >= 15 is 4.39 Å². The number of aryl methyl sites for hydroxylation is 1. The van der Waals surface area contributed by atoms with Gasteiger partial charge in [-0.05, 0) is 80.8 Å². The number of likely N-dealkylation sites (tertiary alicyclic amines) is 1. The Morgan fingerprint density at radius 3 is 2.62 bits per heavy atom. The summed E-state index contributed by atoms with van der Waals surface area (Å²) in [4.78, 5) is 39.7. The van der Waals surface area contributed by atoms with Crippen molar-refractivity contribution in [1.82, 2.24) is 14.8 Å². The Labute approximate surface area is 231 Å². The number of nitriles is 1. The minimum absolute atomic E-state index is 0.0321. The zero-order valence-corrected chi connectivity index (χ0v) is 23.1. The molecule has 2 aliphatic rings. The summed E-state index contributed by atoms with van der Waals surface area (Å²) in [6, 6.07) is 10.1. The Hall–Kier alpha value is -4.13. The highest BCUT2D eigenvalue weighted by atomic mass is 19.1. The highest BCUT2D eigenvalue weighted by molar-refractivity contribution is 5.87. The van der Waals surface area contributed by atoms with E-state index in [1.165, 1.54) is 10.6 Å². The number of rotatable bonds is 5. The second kappa shape index (κ2) is 10.5. The van der Waals surface area contributed by atoms with Crippen LogP contribution in [0.4, 0.5) is 9.18 Å². The Kier molecular flexibility index (Phi) is 7.17. The van der Waals surface area contributed by atoms with Crippen molar-refractivity contribution in [1.29, 1.82) is 5.26 Å². The predicted molar refractivity (Wildman–Crippen MR) is 146 cm³/mol. The molecule has 0 unspecified atom stereocenters. The van der Waals surface area contributed by atoms with Gasteiger partial charge in [-0.2, -0.15) is 5.26 Å². The van der Waals surface area contributed by atoms with Crippen LogP contribution in [0, 0.1) is 23.1 Å². The normalized spacial score (nSPS) is 21.2. The van der Waals surface area contributed by atoms with Crippen molar-refractivity contribution in [2.45, 2.75) is 76.6 Å². The van der Waals surface area contributed by atoms with Gasteiger partial charge >= 0.3 is 11.8 Å². The molecule has 1 aromatic heterocycles. The quantitative estimate of drug-likeness (QED) is 0.495.